The highest BCUT2D eigenvalue weighted by Crippen LogP contribution is 2.27. The lowest BCUT2D eigenvalue weighted by atomic mass is 10.3. The second-order valence-electron chi connectivity index (χ2n) is 9.93. The Kier molecular flexibility index (Phi) is 19.6. The van der Waals surface area contributed by atoms with Gasteiger partial charge in [0.15, 0.2) is 0 Å². The van der Waals surface area contributed by atoms with Gasteiger partial charge in [-0.1, -0.05) is 11.6 Å². The molecule has 0 atom stereocenters. The van der Waals surface area contributed by atoms with Crippen molar-refractivity contribution in [3.8, 4) is 11.5 Å². The summed E-state index contributed by atoms with van der Waals surface area (Å²) in [5.41, 5.74) is 6.18. The average Bonchev–Trinajstić information content (AvgIpc) is 3.11. The van der Waals surface area contributed by atoms with Gasteiger partial charge in [0, 0.05) is 24.2 Å². The zero-order valence-electron chi connectivity index (χ0n) is 28.4. The molecule has 2 aromatic carbocycles. The first-order valence-corrected chi connectivity index (χ1v) is 16.7. The summed E-state index contributed by atoms with van der Waals surface area (Å²) in [6.45, 7) is 5.22. The van der Waals surface area contributed by atoms with Crippen LogP contribution in [0.25, 0.3) is 0 Å². The van der Waals surface area contributed by atoms with Crippen LogP contribution < -0.4 is 20.5 Å². The van der Waals surface area contributed by atoms with Crippen molar-refractivity contribution in [2.75, 3.05) is 37.5 Å². The summed E-state index contributed by atoms with van der Waals surface area (Å²) in [5, 5.41) is 23.5. The molecule has 0 spiro atoms. The van der Waals surface area contributed by atoms with Gasteiger partial charge in [0.2, 0.25) is 21.5 Å². The topological polar surface area (TPSA) is 247 Å². The van der Waals surface area contributed by atoms with E-state index in [2.05, 4.69) is 25.3 Å². The van der Waals surface area contributed by atoms with Crippen LogP contribution in [0.3, 0.4) is 0 Å². The third-order valence-electron chi connectivity index (χ3n) is 6.02. The molecule has 2 aromatic heterocycles. The molecule has 2 heterocycles. The quantitative estimate of drug-likeness (QED) is 0.0217. The number of rotatable bonds is 16. The third-order valence-corrected chi connectivity index (χ3v) is 6.67. The SMILES string of the molecule is CCOC(=O)CCCOc1ccc(N)cc1.CCOC(=O)CCCOc1ccc(Nc2nc(Cl)ncc2[N+](=O)[O-])cc1.O=[N+]([O-])c1cnc(Cl)nc1Cl. The van der Waals surface area contributed by atoms with E-state index < -0.39 is 9.85 Å². The average molecular weight is 798 g/mol. The lowest BCUT2D eigenvalue weighted by Crippen LogP contribution is -2.06. The molecule has 0 saturated carbocycles. The lowest BCUT2D eigenvalue weighted by Gasteiger charge is -2.09. The monoisotopic (exact) mass is 796 g/mol. The van der Waals surface area contributed by atoms with Gasteiger partial charge in [-0.3, -0.25) is 29.8 Å². The minimum absolute atomic E-state index is 0.00175. The minimum atomic E-state index is -0.682. The van der Waals surface area contributed by atoms with Gasteiger partial charge in [-0.2, -0.15) is 9.97 Å². The van der Waals surface area contributed by atoms with Crippen molar-refractivity contribution in [2.24, 2.45) is 0 Å². The predicted octanol–water partition coefficient (Wildman–Crippen LogP) is 7.19. The van der Waals surface area contributed by atoms with Crippen molar-refractivity contribution in [3.63, 3.8) is 0 Å². The summed E-state index contributed by atoms with van der Waals surface area (Å²) in [6, 6.07) is 13.9. The highest BCUT2D eigenvalue weighted by Gasteiger charge is 2.17. The predicted molar refractivity (Wildman–Crippen MR) is 196 cm³/mol. The van der Waals surface area contributed by atoms with E-state index >= 15 is 0 Å². The van der Waals surface area contributed by atoms with E-state index in [1.165, 1.54) is 0 Å². The minimum Gasteiger partial charge on any atom is -0.494 e. The van der Waals surface area contributed by atoms with Gasteiger partial charge in [0.1, 0.15) is 23.9 Å². The summed E-state index contributed by atoms with van der Waals surface area (Å²) in [4.78, 5) is 56.3. The number of anilines is 3. The standard InChI is InChI=1S/C16H17ClN4O5.C12H17NO3.C4HCl2N3O2/c1-2-25-14(22)4-3-9-26-12-7-5-11(6-8-12)19-15-13(21(23)24)10-18-16(17)20-15;1-2-15-12(14)4-3-9-16-11-7-5-10(13)6-8-11;5-3-2(9(10)11)1-7-4(6)8-3/h5-8,10H,2-4,9H2,1H3,(H,18,19,20);5-8H,2-4,9,13H2,1H3;1H. The molecule has 0 fully saturated rings. The molecule has 4 rings (SSSR count). The van der Waals surface area contributed by atoms with Gasteiger partial charge < -0.3 is 30.0 Å². The molecule has 0 amide bonds. The summed E-state index contributed by atoms with van der Waals surface area (Å²) in [7, 11) is 0. The Morgan fingerprint density at radius 2 is 1.19 bits per heavy atom. The first-order chi connectivity index (χ1) is 25.3. The van der Waals surface area contributed by atoms with Crippen molar-refractivity contribution in [3.05, 3.63) is 96.9 Å². The Morgan fingerprint density at radius 1 is 0.736 bits per heavy atom. The maximum atomic E-state index is 11.2. The van der Waals surface area contributed by atoms with Crippen molar-refractivity contribution < 1.29 is 38.4 Å². The van der Waals surface area contributed by atoms with Crippen LogP contribution in [0.2, 0.25) is 15.7 Å². The molecule has 0 saturated heterocycles. The molecular formula is C32H35Cl3N8O10. The number of aromatic nitrogens is 4. The molecule has 0 bridgehead atoms. The number of benzene rings is 2. The molecule has 4 aromatic rings. The van der Waals surface area contributed by atoms with E-state index in [1.807, 2.05) is 0 Å². The molecule has 21 heteroatoms. The zero-order chi connectivity index (χ0) is 39.2. The Balaban J connectivity index is 0.000000305. The molecule has 284 valence electrons. The highest BCUT2D eigenvalue weighted by molar-refractivity contribution is 6.33. The summed E-state index contributed by atoms with van der Waals surface area (Å²) in [5.74, 6) is 0.940. The van der Waals surface area contributed by atoms with Crippen LogP contribution in [0.1, 0.15) is 39.5 Å². The van der Waals surface area contributed by atoms with Crippen molar-refractivity contribution in [2.45, 2.75) is 39.5 Å². The van der Waals surface area contributed by atoms with E-state index in [1.54, 1.807) is 62.4 Å². The van der Waals surface area contributed by atoms with Crippen LogP contribution >= 0.6 is 34.8 Å². The maximum absolute atomic E-state index is 11.2. The number of hydrogen-bond donors (Lipinski definition) is 2. The van der Waals surface area contributed by atoms with Crippen LogP contribution in [0.5, 0.6) is 11.5 Å². The van der Waals surface area contributed by atoms with Crippen molar-refractivity contribution >= 4 is 75.3 Å². The van der Waals surface area contributed by atoms with E-state index in [4.69, 9.17) is 59.5 Å². The van der Waals surface area contributed by atoms with Gasteiger partial charge in [0.25, 0.3) is 0 Å². The number of halogens is 3. The van der Waals surface area contributed by atoms with Crippen molar-refractivity contribution in [1.82, 2.24) is 19.9 Å². The number of nitro groups is 2. The molecular weight excluding hydrogens is 763 g/mol. The number of nitrogens with zero attached hydrogens (tertiary/aromatic N) is 6. The maximum Gasteiger partial charge on any atom is 0.329 e. The van der Waals surface area contributed by atoms with E-state index in [-0.39, 0.29) is 44.9 Å². The molecule has 53 heavy (non-hydrogen) atoms. The fourth-order valence-electron chi connectivity index (χ4n) is 3.65. The fourth-order valence-corrected chi connectivity index (χ4v) is 4.16. The van der Waals surface area contributed by atoms with E-state index in [0.29, 0.717) is 69.2 Å². The number of nitrogens with two attached hydrogens (primary N) is 1. The Morgan fingerprint density at radius 3 is 1.64 bits per heavy atom. The molecule has 18 nitrogen and oxygen atoms in total. The second-order valence-corrected chi connectivity index (χ2v) is 11.0. The zero-order valence-corrected chi connectivity index (χ0v) is 30.7. The van der Waals surface area contributed by atoms with Crippen molar-refractivity contribution in [1.29, 1.82) is 0 Å². The summed E-state index contributed by atoms with van der Waals surface area (Å²) < 4.78 is 20.6. The van der Waals surface area contributed by atoms with Gasteiger partial charge >= 0.3 is 23.3 Å². The lowest BCUT2D eigenvalue weighted by molar-refractivity contribution is -0.385. The van der Waals surface area contributed by atoms with E-state index in [9.17, 15) is 29.8 Å². The molecule has 0 aliphatic heterocycles. The van der Waals surface area contributed by atoms with Gasteiger partial charge in [-0.15, -0.1) is 0 Å². The number of esters is 2. The third kappa shape index (κ3) is 17.5. The first kappa shape index (κ1) is 43.6. The molecule has 0 aliphatic rings. The van der Waals surface area contributed by atoms with Crippen LogP contribution in [0, 0.1) is 20.2 Å². The van der Waals surface area contributed by atoms with Crippen LogP contribution in [-0.4, -0.2) is 68.1 Å². The molecule has 3 N–H and O–H groups in total. The normalized spacial score (nSPS) is 9.98. The van der Waals surface area contributed by atoms with E-state index in [0.717, 1.165) is 18.1 Å². The number of carbonyl (C=O) groups is 2. The Hall–Kier alpha value is -5.59. The van der Waals surface area contributed by atoms with Gasteiger partial charge in [-0.05, 0) is 98.4 Å². The molecule has 0 unspecified atom stereocenters. The number of nitrogens with one attached hydrogen (secondary N) is 1. The van der Waals surface area contributed by atoms with Crippen LogP contribution in [-0.2, 0) is 19.1 Å². The number of ether oxygens (including phenoxy) is 4. The summed E-state index contributed by atoms with van der Waals surface area (Å²) >= 11 is 16.3. The Labute approximate surface area is 318 Å². The van der Waals surface area contributed by atoms with Gasteiger partial charge in [0.05, 0.1) is 36.3 Å². The number of nitrogen functional groups attached to an aromatic ring is 1. The Bertz CT molecular complexity index is 1790. The number of hydrogen-bond acceptors (Lipinski definition) is 16. The highest BCUT2D eigenvalue weighted by atomic mass is 35.5. The van der Waals surface area contributed by atoms with Gasteiger partial charge in [-0.25, -0.2) is 9.97 Å². The molecule has 0 aliphatic carbocycles. The van der Waals surface area contributed by atoms with Crippen LogP contribution in [0.15, 0.2) is 60.9 Å². The smallest absolute Gasteiger partial charge is 0.329 e. The molecule has 0 radical (unpaired) electrons. The first-order valence-electron chi connectivity index (χ1n) is 15.6. The largest absolute Gasteiger partial charge is 0.494 e. The second kappa shape index (κ2) is 23.8. The summed E-state index contributed by atoms with van der Waals surface area (Å²) in [6.07, 6.45) is 3.89. The number of carbonyl (C=O) groups excluding carboxylic acids is 2. The fraction of sp³-hybridized carbons (Fsp3) is 0.312. The van der Waals surface area contributed by atoms with Crippen LogP contribution in [0.4, 0.5) is 28.6 Å².